The van der Waals surface area contributed by atoms with Crippen molar-refractivity contribution >= 4 is 16.5 Å². The number of anilines is 1. The highest BCUT2D eigenvalue weighted by Gasteiger charge is 2.35. The number of hydrogen-bond donors (Lipinski definition) is 1. The van der Waals surface area contributed by atoms with E-state index in [1.807, 2.05) is 24.3 Å². The fourth-order valence-corrected chi connectivity index (χ4v) is 4.99. The number of fused-ring (bicyclic) bond motifs is 1. The quantitative estimate of drug-likeness (QED) is 0.663. The van der Waals surface area contributed by atoms with Gasteiger partial charge in [-0.15, -0.1) is 10.2 Å². The summed E-state index contributed by atoms with van der Waals surface area (Å²) in [4.78, 5) is 0. The van der Waals surface area contributed by atoms with E-state index in [1.165, 1.54) is 31.2 Å². The zero-order valence-electron chi connectivity index (χ0n) is 15.6. The van der Waals surface area contributed by atoms with Crippen LogP contribution in [-0.4, -0.2) is 23.3 Å². The van der Waals surface area contributed by atoms with Crippen LogP contribution in [-0.2, 0) is 5.41 Å². The number of benzene rings is 2. The van der Waals surface area contributed by atoms with Crippen LogP contribution in [0.25, 0.3) is 0 Å². The van der Waals surface area contributed by atoms with E-state index in [0.29, 0.717) is 6.61 Å². The molecule has 5 nitrogen and oxygen atoms in total. The molecular weight excluding hydrogens is 370 g/mol. The minimum Gasteiger partial charge on any atom is -0.485 e. The second kappa shape index (κ2) is 7.43. The van der Waals surface area contributed by atoms with E-state index in [0.717, 1.165) is 28.2 Å². The van der Waals surface area contributed by atoms with Crippen LogP contribution in [0.15, 0.2) is 54.6 Å². The highest BCUT2D eigenvalue weighted by Crippen LogP contribution is 2.42. The molecule has 0 amide bonds. The first-order valence-electron chi connectivity index (χ1n) is 9.84. The van der Waals surface area contributed by atoms with Gasteiger partial charge in [0.25, 0.3) is 0 Å². The Morgan fingerprint density at radius 2 is 1.71 bits per heavy atom. The maximum absolute atomic E-state index is 6.05. The Labute approximate surface area is 168 Å². The minimum absolute atomic E-state index is 0.191. The zero-order valence-corrected chi connectivity index (χ0v) is 16.5. The average molecular weight is 394 g/mol. The molecule has 1 aliphatic carbocycles. The molecule has 2 aromatic carbocycles. The van der Waals surface area contributed by atoms with Gasteiger partial charge in [0.2, 0.25) is 5.13 Å². The summed E-state index contributed by atoms with van der Waals surface area (Å²) in [5.74, 6) is 1.55. The van der Waals surface area contributed by atoms with Crippen LogP contribution in [0.5, 0.6) is 11.5 Å². The largest absolute Gasteiger partial charge is 0.485 e. The third-order valence-corrected chi connectivity index (χ3v) is 6.72. The maximum Gasteiger partial charge on any atom is 0.205 e. The molecule has 1 fully saturated rings. The summed E-state index contributed by atoms with van der Waals surface area (Å²) in [6.07, 6.45) is 4.78. The van der Waals surface area contributed by atoms with Gasteiger partial charge in [0.05, 0.1) is 0 Å². The predicted molar refractivity (Wildman–Crippen MR) is 110 cm³/mol. The molecular formula is C22H23N3O2S. The number of para-hydroxylation sites is 2. The summed E-state index contributed by atoms with van der Waals surface area (Å²) in [7, 11) is 0. The van der Waals surface area contributed by atoms with Crippen molar-refractivity contribution in [2.45, 2.75) is 37.2 Å². The van der Waals surface area contributed by atoms with Crippen LogP contribution in [0.1, 0.15) is 42.4 Å². The van der Waals surface area contributed by atoms with E-state index in [2.05, 4.69) is 45.8 Å². The molecule has 144 valence electrons. The Balaban J connectivity index is 1.28. The summed E-state index contributed by atoms with van der Waals surface area (Å²) in [6, 6.07) is 18.6. The fourth-order valence-electron chi connectivity index (χ4n) is 4.23. The predicted octanol–water partition coefficient (Wildman–Crippen LogP) is 4.97. The maximum atomic E-state index is 6.05. The molecule has 0 bridgehead atoms. The molecule has 1 N–H and O–H groups in total. The lowest BCUT2D eigenvalue weighted by molar-refractivity contribution is 0.0906. The van der Waals surface area contributed by atoms with Crippen molar-refractivity contribution in [1.82, 2.24) is 10.2 Å². The molecule has 1 aromatic heterocycles. The van der Waals surface area contributed by atoms with E-state index < -0.39 is 0 Å². The summed E-state index contributed by atoms with van der Waals surface area (Å²) in [5.41, 5.74) is 1.61. The van der Waals surface area contributed by atoms with Crippen molar-refractivity contribution in [3.63, 3.8) is 0 Å². The molecule has 1 unspecified atom stereocenters. The van der Waals surface area contributed by atoms with Crippen molar-refractivity contribution in [2.75, 3.05) is 18.5 Å². The molecule has 0 saturated heterocycles. The van der Waals surface area contributed by atoms with E-state index in [4.69, 9.17) is 9.47 Å². The second-order valence-corrected chi connectivity index (χ2v) is 8.53. The summed E-state index contributed by atoms with van der Waals surface area (Å²) in [6.45, 7) is 1.34. The van der Waals surface area contributed by atoms with Gasteiger partial charge < -0.3 is 14.8 Å². The van der Waals surface area contributed by atoms with E-state index in [-0.39, 0.29) is 11.5 Å². The van der Waals surface area contributed by atoms with Crippen LogP contribution in [0.4, 0.5) is 5.13 Å². The number of rotatable bonds is 5. The van der Waals surface area contributed by atoms with Gasteiger partial charge in [-0.25, -0.2) is 0 Å². The Morgan fingerprint density at radius 1 is 0.964 bits per heavy atom. The fraction of sp³-hybridized carbons (Fsp3) is 0.364. The molecule has 1 saturated carbocycles. The van der Waals surface area contributed by atoms with E-state index in [9.17, 15) is 0 Å². The van der Waals surface area contributed by atoms with Crippen LogP contribution in [0.2, 0.25) is 0 Å². The van der Waals surface area contributed by atoms with Crippen LogP contribution in [0.3, 0.4) is 0 Å². The molecule has 2 aliphatic rings. The number of aromatic nitrogens is 2. The summed E-state index contributed by atoms with van der Waals surface area (Å²) >= 11 is 1.55. The zero-order chi connectivity index (χ0) is 18.8. The average Bonchev–Trinajstić information content (AvgIpc) is 3.43. The van der Waals surface area contributed by atoms with E-state index >= 15 is 0 Å². The molecule has 1 aliphatic heterocycles. The molecule has 2 heterocycles. The first kappa shape index (κ1) is 17.5. The SMILES string of the molecule is c1ccc(C2(CNc3nnc(C4COc5ccccc5O4)s3)CCCC2)cc1. The van der Waals surface area contributed by atoms with Crippen molar-refractivity contribution in [3.05, 3.63) is 65.2 Å². The first-order chi connectivity index (χ1) is 13.8. The van der Waals surface area contributed by atoms with Gasteiger partial charge in [0, 0.05) is 12.0 Å². The molecule has 28 heavy (non-hydrogen) atoms. The van der Waals surface area contributed by atoms with Crippen molar-refractivity contribution in [2.24, 2.45) is 0 Å². The second-order valence-electron chi connectivity index (χ2n) is 7.52. The number of nitrogens with zero attached hydrogens (tertiary/aromatic N) is 2. The highest BCUT2D eigenvalue weighted by molar-refractivity contribution is 7.15. The Hall–Kier alpha value is -2.60. The van der Waals surface area contributed by atoms with Gasteiger partial charge in [-0.3, -0.25) is 0 Å². The number of ether oxygens (including phenoxy) is 2. The summed E-state index contributed by atoms with van der Waals surface area (Å²) in [5, 5.41) is 14.0. The molecule has 1 atom stereocenters. The standard InChI is InChI=1S/C22H23N3O2S/c1-2-8-16(9-3-1)22(12-6-7-13-22)15-23-21-25-24-20(28-21)19-14-26-17-10-4-5-11-18(17)27-19/h1-5,8-11,19H,6-7,12-15H2,(H,23,25). The van der Waals surface area contributed by atoms with Crippen LogP contribution < -0.4 is 14.8 Å². The monoisotopic (exact) mass is 393 g/mol. The van der Waals surface area contributed by atoms with Gasteiger partial charge in [-0.05, 0) is 30.5 Å². The van der Waals surface area contributed by atoms with Crippen LogP contribution >= 0.6 is 11.3 Å². The van der Waals surface area contributed by atoms with Crippen molar-refractivity contribution in [3.8, 4) is 11.5 Å². The Bertz CT molecular complexity index is 938. The molecule has 0 radical (unpaired) electrons. The van der Waals surface area contributed by atoms with Gasteiger partial charge >= 0.3 is 0 Å². The van der Waals surface area contributed by atoms with Gasteiger partial charge in [0.15, 0.2) is 22.6 Å². The molecule has 5 rings (SSSR count). The molecule has 0 spiro atoms. The lowest BCUT2D eigenvalue weighted by Crippen LogP contribution is -2.31. The summed E-state index contributed by atoms with van der Waals surface area (Å²) < 4.78 is 11.9. The molecule has 6 heteroatoms. The lowest BCUT2D eigenvalue weighted by Gasteiger charge is -2.29. The van der Waals surface area contributed by atoms with Gasteiger partial charge in [-0.2, -0.15) is 0 Å². The highest BCUT2D eigenvalue weighted by atomic mass is 32.1. The van der Waals surface area contributed by atoms with Crippen LogP contribution in [0, 0.1) is 0 Å². The number of nitrogens with one attached hydrogen (secondary N) is 1. The van der Waals surface area contributed by atoms with Crippen molar-refractivity contribution in [1.29, 1.82) is 0 Å². The Kier molecular flexibility index (Phi) is 4.64. The lowest BCUT2D eigenvalue weighted by atomic mass is 9.79. The number of hydrogen-bond acceptors (Lipinski definition) is 6. The normalized spacial score (nSPS) is 20.1. The smallest absolute Gasteiger partial charge is 0.205 e. The minimum atomic E-state index is -0.211. The third-order valence-electron chi connectivity index (χ3n) is 5.75. The Morgan fingerprint density at radius 3 is 2.54 bits per heavy atom. The topological polar surface area (TPSA) is 56.3 Å². The third kappa shape index (κ3) is 3.33. The van der Waals surface area contributed by atoms with Gasteiger partial charge in [0.1, 0.15) is 6.61 Å². The molecule has 3 aromatic rings. The van der Waals surface area contributed by atoms with Crippen molar-refractivity contribution < 1.29 is 9.47 Å². The first-order valence-corrected chi connectivity index (χ1v) is 10.7. The van der Waals surface area contributed by atoms with E-state index in [1.54, 1.807) is 11.3 Å². The van der Waals surface area contributed by atoms with Gasteiger partial charge in [-0.1, -0.05) is 66.6 Å².